The maximum absolute atomic E-state index is 12.6. The molecule has 5 nitrogen and oxygen atoms in total. The lowest BCUT2D eigenvalue weighted by Gasteiger charge is -2.32. The van der Waals surface area contributed by atoms with Crippen LogP contribution in [0.25, 0.3) is 10.8 Å². The van der Waals surface area contributed by atoms with Crippen molar-refractivity contribution in [2.24, 2.45) is 0 Å². The van der Waals surface area contributed by atoms with Crippen molar-refractivity contribution in [1.82, 2.24) is 10.2 Å². The number of hydrogen-bond donors (Lipinski definition) is 1. The van der Waals surface area contributed by atoms with Gasteiger partial charge in [-0.2, -0.15) is 0 Å². The highest BCUT2D eigenvalue weighted by molar-refractivity contribution is 9.10. The van der Waals surface area contributed by atoms with Crippen LogP contribution in [0.2, 0.25) is 0 Å². The van der Waals surface area contributed by atoms with Crippen LogP contribution in [-0.2, 0) is 4.79 Å². The molecule has 0 spiro atoms. The second kappa shape index (κ2) is 9.52. The van der Waals surface area contributed by atoms with Crippen molar-refractivity contribution in [3.05, 3.63) is 76.3 Å². The Morgan fingerprint density at radius 2 is 1.68 bits per heavy atom. The van der Waals surface area contributed by atoms with Crippen molar-refractivity contribution in [3.8, 4) is 5.75 Å². The Morgan fingerprint density at radius 1 is 1.00 bits per heavy atom. The number of nitrogens with one attached hydrogen (secondary N) is 1. The Morgan fingerprint density at radius 3 is 2.42 bits per heavy atom. The molecule has 0 unspecified atom stereocenters. The lowest BCUT2D eigenvalue weighted by Crippen LogP contribution is -2.47. The van der Waals surface area contributed by atoms with Gasteiger partial charge in [0.15, 0.2) is 6.61 Å². The molecule has 1 aliphatic heterocycles. The van der Waals surface area contributed by atoms with Crippen molar-refractivity contribution in [1.29, 1.82) is 0 Å². The summed E-state index contributed by atoms with van der Waals surface area (Å²) in [6, 6.07) is 19.5. The lowest BCUT2D eigenvalue weighted by molar-refractivity contribution is -0.124. The summed E-state index contributed by atoms with van der Waals surface area (Å²) in [5.74, 6) is 0.583. The predicted octanol–water partition coefficient (Wildman–Crippen LogP) is 4.71. The van der Waals surface area contributed by atoms with E-state index in [0.29, 0.717) is 24.4 Å². The minimum Gasteiger partial charge on any atom is -0.484 e. The number of amides is 2. The smallest absolute Gasteiger partial charge is 0.258 e. The molecule has 1 N–H and O–H groups in total. The van der Waals surface area contributed by atoms with Gasteiger partial charge in [-0.1, -0.05) is 45.8 Å². The molecule has 0 aliphatic carbocycles. The van der Waals surface area contributed by atoms with Gasteiger partial charge in [-0.15, -0.1) is 0 Å². The summed E-state index contributed by atoms with van der Waals surface area (Å²) in [6.45, 7) is 3.26. The van der Waals surface area contributed by atoms with Crippen LogP contribution in [0.1, 0.15) is 28.8 Å². The van der Waals surface area contributed by atoms with Crippen LogP contribution in [-0.4, -0.2) is 42.5 Å². The van der Waals surface area contributed by atoms with Crippen LogP contribution in [0.15, 0.2) is 65.1 Å². The summed E-state index contributed by atoms with van der Waals surface area (Å²) in [5, 5.41) is 5.20. The number of carbonyl (C=O) groups excluding carboxylic acids is 2. The van der Waals surface area contributed by atoms with Crippen molar-refractivity contribution in [2.75, 3.05) is 19.7 Å². The highest BCUT2D eigenvalue weighted by Gasteiger charge is 2.24. The average molecular weight is 481 g/mol. The SMILES string of the molecule is Cc1ccc(C(=O)N2CCC(NC(=O)COc3ccc4cc(Br)ccc4c3)CC2)cc1. The van der Waals surface area contributed by atoms with Gasteiger partial charge < -0.3 is 15.0 Å². The summed E-state index contributed by atoms with van der Waals surface area (Å²) >= 11 is 3.47. The van der Waals surface area contributed by atoms with Gasteiger partial charge in [0.2, 0.25) is 0 Å². The van der Waals surface area contributed by atoms with Crippen LogP contribution in [0, 0.1) is 6.92 Å². The topological polar surface area (TPSA) is 58.6 Å². The van der Waals surface area contributed by atoms with Crippen LogP contribution < -0.4 is 10.1 Å². The summed E-state index contributed by atoms with van der Waals surface area (Å²) in [5.41, 5.74) is 1.85. The van der Waals surface area contributed by atoms with Gasteiger partial charge in [0, 0.05) is 29.2 Å². The van der Waals surface area contributed by atoms with Crippen molar-refractivity contribution in [3.63, 3.8) is 0 Å². The molecule has 160 valence electrons. The van der Waals surface area contributed by atoms with Gasteiger partial charge in [0.1, 0.15) is 5.75 Å². The number of rotatable bonds is 5. The number of piperidine rings is 1. The third-order valence-corrected chi connectivity index (χ3v) is 6.08. The van der Waals surface area contributed by atoms with E-state index in [1.54, 1.807) is 0 Å². The molecule has 1 fully saturated rings. The molecule has 0 saturated carbocycles. The maximum Gasteiger partial charge on any atom is 0.258 e. The Labute approximate surface area is 190 Å². The summed E-state index contributed by atoms with van der Waals surface area (Å²) < 4.78 is 6.71. The number of aryl methyl sites for hydroxylation is 1. The first-order valence-electron chi connectivity index (χ1n) is 10.5. The molecule has 1 aliphatic rings. The number of halogens is 1. The molecule has 31 heavy (non-hydrogen) atoms. The molecule has 1 heterocycles. The molecule has 0 atom stereocenters. The van der Waals surface area contributed by atoms with E-state index in [4.69, 9.17) is 4.74 Å². The van der Waals surface area contributed by atoms with Gasteiger partial charge in [-0.05, 0) is 66.9 Å². The molecule has 2 amide bonds. The molecular weight excluding hydrogens is 456 g/mol. The van der Waals surface area contributed by atoms with Crippen LogP contribution in [0.3, 0.4) is 0 Å². The van der Waals surface area contributed by atoms with E-state index in [0.717, 1.165) is 33.7 Å². The van der Waals surface area contributed by atoms with E-state index in [9.17, 15) is 9.59 Å². The molecular formula is C25H25BrN2O3. The first-order valence-corrected chi connectivity index (χ1v) is 11.2. The van der Waals surface area contributed by atoms with Crippen LogP contribution in [0.4, 0.5) is 0 Å². The predicted molar refractivity (Wildman–Crippen MR) is 125 cm³/mol. The third-order valence-electron chi connectivity index (χ3n) is 5.59. The van der Waals surface area contributed by atoms with Crippen LogP contribution in [0.5, 0.6) is 5.75 Å². The molecule has 6 heteroatoms. The number of benzene rings is 3. The molecule has 0 radical (unpaired) electrons. The molecule has 4 rings (SSSR count). The van der Waals surface area contributed by atoms with E-state index < -0.39 is 0 Å². The molecule has 0 aromatic heterocycles. The first-order chi connectivity index (χ1) is 15.0. The Hall–Kier alpha value is -2.86. The first kappa shape index (κ1) is 21.4. The number of likely N-dealkylation sites (tertiary alicyclic amines) is 1. The number of nitrogens with zero attached hydrogens (tertiary/aromatic N) is 1. The summed E-state index contributed by atoms with van der Waals surface area (Å²) in [6.07, 6.45) is 1.49. The molecule has 3 aromatic rings. The van der Waals surface area contributed by atoms with Gasteiger partial charge in [-0.3, -0.25) is 9.59 Å². The number of ether oxygens (including phenoxy) is 1. The monoisotopic (exact) mass is 480 g/mol. The number of carbonyl (C=O) groups is 2. The Kier molecular flexibility index (Phi) is 6.56. The van der Waals surface area contributed by atoms with E-state index in [1.807, 2.05) is 72.5 Å². The summed E-state index contributed by atoms with van der Waals surface area (Å²) in [7, 11) is 0. The van der Waals surface area contributed by atoms with Crippen LogP contribution >= 0.6 is 15.9 Å². The quantitative estimate of drug-likeness (QED) is 0.575. The zero-order valence-electron chi connectivity index (χ0n) is 17.4. The Balaban J connectivity index is 1.24. The average Bonchev–Trinajstić information content (AvgIpc) is 2.78. The zero-order valence-corrected chi connectivity index (χ0v) is 19.0. The largest absolute Gasteiger partial charge is 0.484 e. The second-order valence-electron chi connectivity index (χ2n) is 7.94. The van der Waals surface area contributed by atoms with Gasteiger partial charge in [0.25, 0.3) is 11.8 Å². The minimum absolute atomic E-state index is 0.0233. The van der Waals surface area contributed by atoms with Gasteiger partial charge in [0.05, 0.1) is 0 Å². The maximum atomic E-state index is 12.6. The lowest BCUT2D eigenvalue weighted by atomic mass is 10.0. The number of fused-ring (bicyclic) bond motifs is 1. The van der Waals surface area contributed by atoms with Crippen molar-refractivity contribution in [2.45, 2.75) is 25.8 Å². The third kappa shape index (κ3) is 5.44. The molecule has 0 bridgehead atoms. The van der Waals surface area contributed by atoms with E-state index >= 15 is 0 Å². The fraction of sp³-hybridized carbons (Fsp3) is 0.280. The zero-order chi connectivity index (χ0) is 21.8. The van der Waals surface area contributed by atoms with E-state index in [2.05, 4.69) is 21.2 Å². The van der Waals surface area contributed by atoms with E-state index in [1.165, 1.54) is 0 Å². The van der Waals surface area contributed by atoms with Crippen molar-refractivity contribution < 1.29 is 14.3 Å². The number of hydrogen-bond acceptors (Lipinski definition) is 3. The fourth-order valence-electron chi connectivity index (χ4n) is 3.81. The minimum atomic E-state index is -0.140. The van der Waals surface area contributed by atoms with Crippen molar-refractivity contribution >= 4 is 38.5 Å². The highest BCUT2D eigenvalue weighted by atomic mass is 79.9. The second-order valence-corrected chi connectivity index (χ2v) is 8.86. The normalized spacial score (nSPS) is 14.5. The van der Waals surface area contributed by atoms with Gasteiger partial charge >= 0.3 is 0 Å². The van der Waals surface area contributed by atoms with E-state index in [-0.39, 0.29) is 24.5 Å². The molecule has 1 saturated heterocycles. The summed E-state index contributed by atoms with van der Waals surface area (Å²) in [4.78, 5) is 26.8. The Bertz CT molecular complexity index is 1090. The highest BCUT2D eigenvalue weighted by Crippen LogP contribution is 2.24. The molecule has 3 aromatic carbocycles. The fourth-order valence-corrected chi connectivity index (χ4v) is 4.19. The standard InChI is InChI=1S/C25H25BrN2O3/c1-17-2-4-18(5-3-17)25(30)28-12-10-22(11-13-28)27-24(29)16-31-23-9-7-19-14-21(26)8-6-20(19)15-23/h2-9,14-15,22H,10-13,16H2,1H3,(H,27,29). The van der Waals surface area contributed by atoms with Gasteiger partial charge in [-0.25, -0.2) is 0 Å².